The van der Waals surface area contributed by atoms with Crippen LogP contribution < -0.4 is 3.58 Å². The number of hydrogen-bond donors (Lipinski definition) is 0. The third-order valence-corrected chi connectivity index (χ3v) is 8.68. The summed E-state index contributed by atoms with van der Waals surface area (Å²) in [7, 11) is 0. The molecule has 0 N–H and O–H groups in total. The van der Waals surface area contributed by atoms with Crippen molar-refractivity contribution in [3.8, 4) is 0 Å². The van der Waals surface area contributed by atoms with Crippen molar-refractivity contribution in [3.63, 3.8) is 0 Å². The van der Waals surface area contributed by atoms with E-state index in [9.17, 15) is 0 Å². The summed E-state index contributed by atoms with van der Waals surface area (Å²) in [5.41, 5.74) is 4.02. The molecule has 0 aliphatic carbocycles. The van der Waals surface area contributed by atoms with Gasteiger partial charge in [0, 0.05) is 0 Å². The number of benzene rings is 1. The van der Waals surface area contributed by atoms with Crippen molar-refractivity contribution in [1.29, 1.82) is 0 Å². The van der Waals surface area contributed by atoms with Crippen LogP contribution >= 0.6 is 0 Å². The Kier molecular flexibility index (Phi) is 2.46. The van der Waals surface area contributed by atoms with Crippen LogP contribution in [0.3, 0.4) is 0 Å². The minimum absolute atomic E-state index is 0.890. The normalized spacial score (nSPS) is 15.3. The molecular formula is C12H17NSn. The van der Waals surface area contributed by atoms with Gasteiger partial charge in [-0.05, 0) is 0 Å². The molecule has 2 rings (SSSR count). The molecule has 0 unspecified atom stereocenters. The molecule has 74 valence electrons. The standard InChI is InChI=1S/C9H8N.3CH3.Sn/c1-7-9-5-3-2-4-8(9)6-10-7;;;;/h2,4-5H,6H2,1H3;3*1H3;. The first-order chi connectivity index (χ1) is 6.48. The fraction of sp³-hybridized carbons (Fsp3) is 0.417. The average Bonchev–Trinajstić information content (AvgIpc) is 2.46. The molecule has 0 amide bonds. The first-order valence-corrected chi connectivity index (χ1v) is 15.1. The number of aliphatic imine (C=N–C) groups is 1. The summed E-state index contributed by atoms with van der Waals surface area (Å²) in [6.45, 7) is 3.01. The van der Waals surface area contributed by atoms with Crippen molar-refractivity contribution >= 4 is 27.7 Å². The van der Waals surface area contributed by atoms with Crippen molar-refractivity contribution in [2.45, 2.75) is 28.3 Å². The second-order valence-electron chi connectivity index (χ2n) is 5.02. The Balaban J connectivity index is 2.50. The number of hydrogen-bond acceptors (Lipinski definition) is 1. The van der Waals surface area contributed by atoms with Gasteiger partial charge in [-0.25, -0.2) is 0 Å². The summed E-state index contributed by atoms with van der Waals surface area (Å²) >= 11 is -1.87. The summed E-state index contributed by atoms with van der Waals surface area (Å²) < 4.78 is 1.61. The Hall–Kier alpha value is -0.311. The van der Waals surface area contributed by atoms with Gasteiger partial charge in [0.25, 0.3) is 0 Å². The van der Waals surface area contributed by atoms with Crippen molar-refractivity contribution in [2.24, 2.45) is 4.99 Å². The Morgan fingerprint density at radius 2 is 1.93 bits per heavy atom. The molecule has 1 aliphatic heterocycles. The molecule has 1 aliphatic rings. The van der Waals surface area contributed by atoms with Crippen molar-refractivity contribution in [3.05, 3.63) is 29.3 Å². The first-order valence-electron chi connectivity index (χ1n) is 5.13. The second kappa shape index (κ2) is 3.37. The van der Waals surface area contributed by atoms with Gasteiger partial charge in [-0.15, -0.1) is 0 Å². The van der Waals surface area contributed by atoms with Gasteiger partial charge >= 0.3 is 90.3 Å². The molecule has 0 radical (unpaired) electrons. The molecule has 1 aromatic rings. The third kappa shape index (κ3) is 1.74. The van der Waals surface area contributed by atoms with E-state index < -0.39 is 18.4 Å². The van der Waals surface area contributed by atoms with Crippen LogP contribution in [0.5, 0.6) is 0 Å². The van der Waals surface area contributed by atoms with Crippen LogP contribution in [0.1, 0.15) is 18.1 Å². The van der Waals surface area contributed by atoms with Gasteiger partial charge in [0.05, 0.1) is 0 Å². The molecule has 0 fully saturated rings. The van der Waals surface area contributed by atoms with Gasteiger partial charge in [0.1, 0.15) is 0 Å². The van der Waals surface area contributed by atoms with E-state index >= 15 is 0 Å². The molecule has 1 nitrogen and oxygen atoms in total. The van der Waals surface area contributed by atoms with E-state index in [0.29, 0.717) is 0 Å². The Labute approximate surface area is 90.1 Å². The summed E-state index contributed by atoms with van der Waals surface area (Å²) in [6, 6.07) is 6.98. The Morgan fingerprint density at radius 1 is 1.21 bits per heavy atom. The maximum absolute atomic E-state index is 4.47. The van der Waals surface area contributed by atoms with Crippen LogP contribution in [0.25, 0.3) is 0 Å². The quantitative estimate of drug-likeness (QED) is 0.706. The van der Waals surface area contributed by atoms with Gasteiger partial charge in [-0.1, -0.05) is 0 Å². The van der Waals surface area contributed by atoms with Gasteiger partial charge in [0.2, 0.25) is 0 Å². The molecule has 1 heterocycles. The van der Waals surface area contributed by atoms with Crippen molar-refractivity contribution in [1.82, 2.24) is 0 Å². The molecule has 0 saturated heterocycles. The average molecular weight is 294 g/mol. The van der Waals surface area contributed by atoms with E-state index in [2.05, 4.69) is 44.9 Å². The van der Waals surface area contributed by atoms with Crippen LogP contribution in [-0.4, -0.2) is 24.1 Å². The fourth-order valence-electron chi connectivity index (χ4n) is 1.81. The van der Waals surface area contributed by atoms with Crippen LogP contribution in [0.4, 0.5) is 0 Å². The molecule has 2 heteroatoms. The number of rotatable bonds is 1. The van der Waals surface area contributed by atoms with E-state index in [1.807, 2.05) is 0 Å². The number of nitrogens with zero attached hydrogens (tertiary/aromatic N) is 1. The maximum atomic E-state index is 4.47. The molecule has 0 atom stereocenters. The monoisotopic (exact) mass is 295 g/mol. The first kappa shape index (κ1) is 10.2. The van der Waals surface area contributed by atoms with E-state index in [1.54, 1.807) is 3.58 Å². The molecule has 0 bridgehead atoms. The van der Waals surface area contributed by atoms with E-state index in [4.69, 9.17) is 0 Å². The molecular weight excluding hydrogens is 277 g/mol. The summed E-state index contributed by atoms with van der Waals surface area (Å²) in [4.78, 5) is 11.8. The molecule has 0 spiro atoms. The minimum atomic E-state index is -1.87. The van der Waals surface area contributed by atoms with E-state index in [0.717, 1.165) is 6.54 Å². The summed E-state index contributed by atoms with van der Waals surface area (Å²) in [5, 5.41) is 0. The zero-order chi connectivity index (χ0) is 10.3. The summed E-state index contributed by atoms with van der Waals surface area (Å²) in [5.74, 6) is 0. The SMILES string of the molecule is CC1=NCc2cc[c]([Sn]([CH3])([CH3])[CH3])cc21. The van der Waals surface area contributed by atoms with Gasteiger partial charge in [-0.3, -0.25) is 0 Å². The Bertz CT molecular complexity index is 399. The second-order valence-corrected chi connectivity index (χ2v) is 19.5. The molecule has 14 heavy (non-hydrogen) atoms. The predicted octanol–water partition coefficient (Wildman–Crippen LogP) is 2.55. The summed E-state index contributed by atoms with van der Waals surface area (Å²) in [6.07, 6.45) is 0. The van der Waals surface area contributed by atoms with Crippen molar-refractivity contribution < 1.29 is 0 Å². The van der Waals surface area contributed by atoms with Crippen molar-refractivity contribution in [2.75, 3.05) is 0 Å². The Morgan fingerprint density at radius 3 is 2.57 bits per heavy atom. The topological polar surface area (TPSA) is 12.4 Å². The van der Waals surface area contributed by atoms with Gasteiger partial charge < -0.3 is 0 Å². The van der Waals surface area contributed by atoms with Crippen LogP contribution in [0.2, 0.25) is 14.8 Å². The van der Waals surface area contributed by atoms with Gasteiger partial charge in [0.15, 0.2) is 0 Å². The van der Waals surface area contributed by atoms with Gasteiger partial charge in [-0.2, -0.15) is 0 Å². The van der Waals surface area contributed by atoms with E-state index in [1.165, 1.54) is 16.8 Å². The molecule has 0 aromatic heterocycles. The zero-order valence-corrected chi connectivity index (χ0v) is 12.2. The number of fused-ring (bicyclic) bond motifs is 1. The molecule has 0 saturated carbocycles. The predicted molar refractivity (Wildman–Crippen MR) is 65.3 cm³/mol. The van der Waals surface area contributed by atoms with Crippen LogP contribution in [0.15, 0.2) is 23.2 Å². The zero-order valence-electron chi connectivity index (χ0n) is 9.39. The fourth-order valence-corrected chi connectivity index (χ4v) is 5.12. The molecule has 1 aromatic carbocycles. The van der Waals surface area contributed by atoms with Crippen LogP contribution in [0, 0.1) is 0 Å². The van der Waals surface area contributed by atoms with Crippen LogP contribution in [-0.2, 0) is 6.54 Å². The van der Waals surface area contributed by atoms with E-state index in [-0.39, 0.29) is 0 Å². The third-order valence-electron chi connectivity index (χ3n) is 2.85.